The Morgan fingerprint density at radius 1 is 1.35 bits per heavy atom. The highest BCUT2D eigenvalue weighted by atomic mass is 79.9. The molecule has 2 saturated carbocycles. The standard InChI is InChI=1S/C17H24BrNO/c1-19-17(15-8-11-3-4-12(15)7-11)10-13-9-14(20-2)5-6-16(13)18/h5-6,9,11-12,15,17,19H,3-4,7-8,10H2,1-2H3. The largest absolute Gasteiger partial charge is 0.497 e. The van der Waals surface area contributed by atoms with E-state index >= 15 is 0 Å². The van der Waals surface area contributed by atoms with Gasteiger partial charge in [-0.05, 0) is 74.2 Å². The Labute approximate surface area is 130 Å². The number of benzene rings is 1. The predicted octanol–water partition coefficient (Wildman–Crippen LogP) is 4.02. The first kappa shape index (κ1) is 14.4. The van der Waals surface area contributed by atoms with Crippen molar-refractivity contribution in [3.05, 3.63) is 28.2 Å². The molecule has 0 aliphatic heterocycles. The first-order chi connectivity index (χ1) is 9.71. The van der Waals surface area contributed by atoms with E-state index in [0.29, 0.717) is 6.04 Å². The molecule has 1 aromatic carbocycles. The molecule has 3 rings (SSSR count). The number of halogens is 1. The number of hydrogen-bond donors (Lipinski definition) is 1. The Morgan fingerprint density at radius 2 is 2.20 bits per heavy atom. The predicted molar refractivity (Wildman–Crippen MR) is 86.2 cm³/mol. The fraction of sp³-hybridized carbons (Fsp3) is 0.647. The van der Waals surface area contributed by atoms with E-state index in [2.05, 4.69) is 40.4 Å². The molecule has 0 amide bonds. The van der Waals surface area contributed by atoms with E-state index in [1.807, 2.05) is 6.07 Å². The average molecular weight is 338 g/mol. The maximum Gasteiger partial charge on any atom is 0.119 e. The van der Waals surface area contributed by atoms with Gasteiger partial charge in [0, 0.05) is 10.5 Å². The number of nitrogens with one attached hydrogen (secondary N) is 1. The number of hydrogen-bond acceptors (Lipinski definition) is 2. The molecule has 0 spiro atoms. The van der Waals surface area contributed by atoms with E-state index in [4.69, 9.17) is 4.74 Å². The summed E-state index contributed by atoms with van der Waals surface area (Å²) >= 11 is 3.68. The first-order valence-corrected chi connectivity index (χ1v) is 8.50. The van der Waals surface area contributed by atoms with Gasteiger partial charge in [-0.15, -0.1) is 0 Å². The molecule has 0 aromatic heterocycles. The van der Waals surface area contributed by atoms with Crippen molar-refractivity contribution in [2.75, 3.05) is 14.2 Å². The molecule has 2 fully saturated rings. The van der Waals surface area contributed by atoms with E-state index in [1.165, 1.54) is 35.7 Å². The third-order valence-corrected chi connectivity index (χ3v) is 6.15. The maximum atomic E-state index is 5.36. The van der Waals surface area contributed by atoms with Crippen molar-refractivity contribution in [1.82, 2.24) is 5.32 Å². The lowest BCUT2D eigenvalue weighted by molar-refractivity contribution is 0.255. The van der Waals surface area contributed by atoms with Crippen LogP contribution in [0.2, 0.25) is 0 Å². The molecule has 20 heavy (non-hydrogen) atoms. The minimum absolute atomic E-state index is 0.591. The average Bonchev–Trinajstić information content (AvgIpc) is 3.09. The fourth-order valence-corrected chi connectivity index (χ4v) is 4.73. The van der Waals surface area contributed by atoms with Crippen LogP contribution in [0.1, 0.15) is 31.2 Å². The van der Waals surface area contributed by atoms with E-state index in [1.54, 1.807) is 7.11 Å². The quantitative estimate of drug-likeness (QED) is 0.875. The first-order valence-electron chi connectivity index (χ1n) is 7.71. The lowest BCUT2D eigenvalue weighted by Gasteiger charge is -2.30. The number of methoxy groups -OCH3 is 1. The Kier molecular flexibility index (Phi) is 4.37. The highest BCUT2D eigenvalue weighted by Crippen LogP contribution is 2.50. The smallest absolute Gasteiger partial charge is 0.119 e. The maximum absolute atomic E-state index is 5.36. The highest BCUT2D eigenvalue weighted by Gasteiger charge is 2.42. The Bertz CT molecular complexity index is 476. The van der Waals surface area contributed by atoms with Gasteiger partial charge in [0.15, 0.2) is 0 Å². The summed E-state index contributed by atoms with van der Waals surface area (Å²) in [5, 5.41) is 3.58. The zero-order valence-corrected chi connectivity index (χ0v) is 13.9. The van der Waals surface area contributed by atoms with Gasteiger partial charge in [0.25, 0.3) is 0 Å². The molecule has 2 aliphatic rings. The Hall–Kier alpha value is -0.540. The van der Waals surface area contributed by atoms with Crippen LogP contribution >= 0.6 is 15.9 Å². The van der Waals surface area contributed by atoms with Crippen molar-refractivity contribution in [2.24, 2.45) is 17.8 Å². The second-order valence-electron chi connectivity index (χ2n) is 6.40. The summed E-state index contributed by atoms with van der Waals surface area (Å²) < 4.78 is 6.55. The third-order valence-electron chi connectivity index (χ3n) is 5.37. The van der Waals surface area contributed by atoms with Crippen LogP contribution in [-0.2, 0) is 6.42 Å². The van der Waals surface area contributed by atoms with Gasteiger partial charge in [-0.3, -0.25) is 0 Å². The molecule has 4 atom stereocenters. The van der Waals surface area contributed by atoms with E-state index in [0.717, 1.165) is 29.9 Å². The molecule has 2 aliphatic carbocycles. The number of ether oxygens (including phenoxy) is 1. The summed E-state index contributed by atoms with van der Waals surface area (Å²) in [6.07, 6.45) is 6.91. The molecular weight excluding hydrogens is 314 g/mol. The summed E-state index contributed by atoms with van der Waals surface area (Å²) in [6, 6.07) is 6.87. The molecule has 0 radical (unpaired) electrons. The lowest BCUT2D eigenvalue weighted by atomic mass is 9.81. The Balaban J connectivity index is 1.74. The number of likely N-dealkylation sites (N-methyl/N-ethyl adjacent to an activating group) is 1. The summed E-state index contributed by atoms with van der Waals surface area (Å²) in [6.45, 7) is 0. The highest BCUT2D eigenvalue weighted by molar-refractivity contribution is 9.10. The minimum atomic E-state index is 0.591. The van der Waals surface area contributed by atoms with E-state index in [9.17, 15) is 0 Å². The zero-order chi connectivity index (χ0) is 14.1. The van der Waals surface area contributed by atoms with Crippen molar-refractivity contribution in [3.63, 3.8) is 0 Å². The van der Waals surface area contributed by atoms with Crippen LogP contribution in [0.25, 0.3) is 0 Å². The monoisotopic (exact) mass is 337 g/mol. The van der Waals surface area contributed by atoms with Gasteiger partial charge in [0.2, 0.25) is 0 Å². The fourth-order valence-electron chi connectivity index (χ4n) is 4.33. The molecule has 1 N–H and O–H groups in total. The molecule has 0 heterocycles. The molecule has 4 unspecified atom stereocenters. The van der Waals surface area contributed by atoms with Crippen molar-refractivity contribution in [3.8, 4) is 5.75 Å². The van der Waals surface area contributed by atoms with Gasteiger partial charge in [-0.1, -0.05) is 22.4 Å². The molecule has 2 nitrogen and oxygen atoms in total. The van der Waals surface area contributed by atoms with Crippen LogP contribution in [0.3, 0.4) is 0 Å². The van der Waals surface area contributed by atoms with Crippen LogP contribution in [0.4, 0.5) is 0 Å². The van der Waals surface area contributed by atoms with Crippen molar-refractivity contribution in [2.45, 2.75) is 38.1 Å². The van der Waals surface area contributed by atoms with Crippen molar-refractivity contribution in [1.29, 1.82) is 0 Å². The summed E-state index contributed by atoms with van der Waals surface area (Å²) in [5.41, 5.74) is 1.35. The van der Waals surface area contributed by atoms with Crippen LogP contribution in [0.15, 0.2) is 22.7 Å². The summed E-state index contributed by atoms with van der Waals surface area (Å²) in [4.78, 5) is 0. The number of rotatable bonds is 5. The van der Waals surface area contributed by atoms with Crippen molar-refractivity contribution >= 4 is 15.9 Å². The second-order valence-corrected chi connectivity index (χ2v) is 7.25. The van der Waals surface area contributed by atoms with Gasteiger partial charge < -0.3 is 10.1 Å². The normalized spacial score (nSPS) is 29.6. The van der Waals surface area contributed by atoms with Gasteiger partial charge in [-0.25, -0.2) is 0 Å². The van der Waals surface area contributed by atoms with Crippen LogP contribution in [0.5, 0.6) is 5.75 Å². The topological polar surface area (TPSA) is 21.3 Å². The molecule has 110 valence electrons. The molecule has 1 aromatic rings. The molecular formula is C17H24BrNO. The summed E-state index contributed by atoms with van der Waals surface area (Å²) in [5.74, 6) is 3.78. The number of fused-ring (bicyclic) bond motifs is 2. The molecule has 0 saturated heterocycles. The SMILES string of the molecule is CNC(Cc1cc(OC)ccc1Br)C1CC2CCC1C2. The van der Waals surface area contributed by atoms with Gasteiger partial charge in [-0.2, -0.15) is 0 Å². The zero-order valence-electron chi connectivity index (χ0n) is 12.4. The Morgan fingerprint density at radius 3 is 2.80 bits per heavy atom. The van der Waals surface area contributed by atoms with Gasteiger partial charge in [0.05, 0.1) is 7.11 Å². The van der Waals surface area contributed by atoms with E-state index in [-0.39, 0.29) is 0 Å². The second kappa shape index (κ2) is 6.07. The summed E-state index contributed by atoms with van der Waals surface area (Å²) in [7, 11) is 3.85. The minimum Gasteiger partial charge on any atom is -0.497 e. The lowest BCUT2D eigenvalue weighted by Crippen LogP contribution is -2.38. The van der Waals surface area contributed by atoms with Gasteiger partial charge in [0.1, 0.15) is 5.75 Å². The van der Waals surface area contributed by atoms with Gasteiger partial charge >= 0.3 is 0 Å². The van der Waals surface area contributed by atoms with Crippen molar-refractivity contribution < 1.29 is 4.74 Å². The van der Waals surface area contributed by atoms with E-state index < -0.39 is 0 Å². The molecule has 2 bridgehead atoms. The third kappa shape index (κ3) is 2.75. The van der Waals surface area contributed by atoms with Crippen LogP contribution in [0, 0.1) is 17.8 Å². The van der Waals surface area contributed by atoms with Crippen LogP contribution in [-0.4, -0.2) is 20.2 Å². The molecule has 3 heteroatoms. The van der Waals surface area contributed by atoms with Crippen LogP contribution < -0.4 is 10.1 Å².